The van der Waals surface area contributed by atoms with Crippen LogP contribution >= 0.6 is 0 Å². The van der Waals surface area contributed by atoms with E-state index in [0.29, 0.717) is 38.8 Å². The van der Waals surface area contributed by atoms with E-state index in [1.54, 1.807) is 4.90 Å². The number of Topliss-reactive ketones (excluding diaryl/α,β-unsaturated/α-hetero) is 1. The summed E-state index contributed by atoms with van der Waals surface area (Å²) in [5.74, 6) is -0.547. The number of ketones is 1. The molecule has 6 rings (SSSR count). The lowest BCUT2D eigenvalue weighted by Gasteiger charge is -2.43. The first kappa shape index (κ1) is 45.6. The minimum Gasteiger partial charge on any atom is -0.445 e. The normalized spacial score (nSPS) is 25.4. The van der Waals surface area contributed by atoms with Crippen molar-refractivity contribution in [1.82, 2.24) is 36.4 Å². The Morgan fingerprint density at radius 3 is 1.57 bits per heavy atom. The number of carbonyl (C=O) groups is 7. The lowest BCUT2D eigenvalue weighted by Crippen LogP contribution is -2.59. The van der Waals surface area contributed by atoms with Gasteiger partial charge in [-0.2, -0.15) is 0 Å². The summed E-state index contributed by atoms with van der Waals surface area (Å²) >= 11 is 0. The molecule has 2 unspecified atom stereocenters. The summed E-state index contributed by atoms with van der Waals surface area (Å²) < 4.78 is 10.5. The largest absolute Gasteiger partial charge is 0.445 e. The molecule has 7 atom stereocenters. The summed E-state index contributed by atoms with van der Waals surface area (Å²) in [6.07, 6.45) is 3.40. The molecule has 0 spiro atoms. The van der Waals surface area contributed by atoms with Gasteiger partial charge in [-0.05, 0) is 70.4 Å². The number of benzene rings is 2. The van der Waals surface area contributed by atoms with Crippen LogP contribution in [0, 0.1) is 0 Å². The molecule has 4 fully saturated rings. The standard InChI is InChI=1S/C24H36N4O4.C20H25N3O5/c1-16(29)25-20-14-18(27-24(2,3)4)10-11-21(20)28-13-12-19(22(28)30)26-23(31)32-15-17-8-6-5-7-9-17;1-13(24)21-17-11-15(25)7-8-18(17)23-10-9-16(19(23)26)22-20(27)28-12-14-5-3-2-4-6-14/h5-9,18-21,27H,10-15H2,1-4H3,(H,25,29)(H,26,31);2-6,16-18H,7-12H2,1H3,(H,21,24)(H,22,27)/t18-,19+,20-,21?;16-,17+,18?/m10/s1. The number of ether oxygens (including phenoxy) is 2. The number of likely N-dealkylation sites (tertiary alicyclic amines) is 2. The monoisotopic (exact) mass is 831 g/mol. The van der Waals surface area contributed by atoms with Crippen LogP contribution in [-0.4, -0.2) is 112 Å². The van der Waals surface area contributed by atoms with Crippen molar-refractivity contribution in [1.29, 1.82) is 0 Å². The molecule has 6 amide bonds. The SMILES string of the molecule is CC(=O)N[C@@H]1CC(=O)CCC1N1CC[C@H](NC(=O)OCc2ccccc2)C1=O.CC(=O)N[C@@H]1C[C@H](NC(C)(C)C)CCC1N1CC[C@H](NC(=O)OCc2ccccc2)C1=O. The molecule has 2 aliphatic carbocycles. The number of carbonyl (C=O) groups excluding carboxylic acids is 7. The summed E-state index contributed by atoms with van der Waals surface area (Å²) in [6, 6.07) is 16.9. The van der Waals surface area contributed by atoms with E-state index >= 15 is 0 Å². The highest BCUT2D eigenvalue weighted by Gasteiger charge is 2.44. The average molecular weight is 832 g/mol. The van der Waals surface area contributed by atoms with E-state index in [-0.39, 0.29) is 84.8 Å². The number of hydrogen-bond donors (Lipinski definition) is 5. The van der Waals surface area contributed by atoms with Gasteiger partial charge in [0.25, 0.3) is 0 Å². The first-order valence-corrected chi connectivity index (χ1v) is 20.9. The zero-order valence-electron chi connectivity index (χ0n) is 35.4. The topological polar surface area (TPSA) is 205 Å². The molecule has 2 aliphatic heterocycles. The van der Waals surface area contributed by atoms with Crippen molar-refractivity contribution in [3.05, 3.63) is 71.8 Å². The van der Waals surface area contributed by atoms with Gasteiger partial charge in [0.05, 0.1) is 24.2 Å². The first-order chi connectivity index (χ1) is 28.6. The molecule has 0 radical (unpaired) electrons. The Labute approximate surface area is 352 Å². The third-order valence-corrected chi connectivity index (χ3v) is 11.1. The second-order valence-corrected chi connectivity index (χ2v) is 17.1. The molecule has 2 aromatic rings. The molecular formula is C44H61N7O9. The van der Waals surface area contributed by atoms with Crippen LogP contribution in [-0.2, 0) is 46.7 Å². The maximum atomic E-state index is 13.1. The van der Waals surface area contributed by atoms with Crippen molar-refractivity contribution in [3.63, 3.8) is 0 Å². The van der Waals surface area contributed by atoms with Crippen LogP contribution in [0.1, 0.15) is 97.1 Å². The third kappa shape index (κ3) is 13.5. The van der Waals surface area contributed by atoms with Gasteiger partial charge in [0.15, 0.2) is 0 Å². The molecule has 4 aliphatic rings. The Bertz CT molecular complexity index is 1820. The van der Waals surface area contributed by atoms with Crippen LogP contribution in [0.4, 0.5) is 9.59 Å². The minimum absolute atomic E-state index is 0.0170. The number of amides is 6. The highest BCUT2D eigenvalue weighted by molar-refractivity contribution is 5.89. The highest BCUT2D eigenvalue weighted by Crippen LogP contribution is 2.29. The zero-order chi connectivity index (χ0) is 43.4. The molecule has 5 N–H and O–H groups in total. The minimum atomic E-state index is -0.654. The van der Waals surface area contributed by atoms with Crippen molar-refractivity contribution in [2.24, 2.45) is 0 Å². The second-order valence-electron chi connectivity index (χ2n) is 17.1. The zero-order valence-corrected chi connectivity index (χ0v) is 35.4. The summed E-state index contributed by atoms with van der Waals surface area (Å²) in [6.45, 7) is 10.6. The van der Waals surface area contributed by atoms with E-state index in [2.05, 4.69) is 47.4 Å². The van der Waals surface area contributed by atoms with Gasteiger partial charge in [0.2, 0.25) is 23.6 Å². The van der Waals surface area contributed by atoms with Gasteiger partial charge >= 0.3 is 12.2 Å². The smallest absolute Gasteiger partial charge is 0.408 e. The van der Waals surface area contributed by atoms with E-state index in [1.165, 1.54) is 13.8 Å². The fourth-order valence-corrected chi connectivity index (χ4v) is 8.61. The Kier molecular flexibility index (Phi) is 16.1. The van der Waals surface area contributed by atoms with Gasteiger partial charge in [-0.25, -0.2) is 9.59 Å². The van der Waals surface area contributed by atoms with E-state index < -0.39 is 24.3 Å². The van der Waals surface area contributed by atoms with Gasteiger partial charge in [-0.1, -0.05) is 60.7 Å². The van der Waals surface area contributed by atoms with E-state index in [9.17, 15) is 33.6 Å². The van der Waals surface area contributed by atoms with Crippen molar-refractivity contribution >= 4 is 41.6 Å². The number of hydrogen-bond acceptors (Lipinski definition) is 10. The molecule has 16 nitrogen and oxygen atoms in total. The van der Waals surface area contributed by atoms with E-state index in [1.807, 2.05) is 65.6 Å². The second kappa shape index (κ2) is 21.1. The average Bonchev–Trinajstić information content (AvgIpc) is 3.73. The van der Waals surface area contributed by atoms with Gasteiger partial charge in [-0.15, -0.1) is 0 Å². The molecule has 0 bridgehead atoms. The van der Waals surface area contributed by atoms with Gasteiger partial charge in [0, 0.05) is 51.4 Å². The van der Waals surface area contributed by atoms with Crippen LogP contribution in [0.3, 0.4) is 0 Å². The van der Waals surface area contributed by atoms with Crippen LogP contribution in [0.25, 0.3) is 0 Å². The van der Waals surface area contributed by atoms with E-state index in [0.717, 1.165) is 30.4 Å². The molecule has 326 valence electrons. The fourth-order valence-electron chi connectivity index (χ4n) is 8.61. The lowest BCUT2D eigenvalue weighted by atomic mass is 9.84. The molecule has 0 aromatic heterocycles. The summed E-state index contributed by atoms with van der Waals surface area (Å²) in [5, 5.41) is 14.8. The van der Waals surface area contributed by atoms with Gasteiger partial charge in [-0.3, -0.25) is 24.0 Å². The Hall–Kier alpha value is -5.51. The fraction of sp³-hybridized carbons (Fsp3) is 0.568. The number of alkyl carbamates (subject to hydrolysis) is 2. The Balaban J connectivity index is 0.000000230. The number of rotatable bonds is 11. The lowest BCUT2D eigenvalue weighted by molar-refractivity contribution is -0.135. The van der Waals surface area contributed by atoms with Crippen molar-refractivity contribution in [2.75, 3.05) is 13.1 Å². The van der Waals surface area contributed by atoms with E-state index in [4.69, 9.17) is 9.47 Å². The molecule has 2 saturated heterocycles. The Morgan fingerprint density at radius 2 is 1.10 bits per heavy atom. The molecule has 2 heterocycles. The van der Waals surface area contributed by atoms with Crippen molar-refractivity contribution < 1.29 is 43.0 Å². The first-order valence-electron chi connectivity index (χ1n) is 20.9. The number of nitrogens with zero attached hydrogens (tertiary/aromatic N) is 2. The summed E-state index contributed by atoms with van der Waals surface area (Å²) in [4.78, 5) is 88.7. The molecule has 2 aromatic carbocycles. The molecule has 2 saturated carbocycles. The quantitative estimate of drug-likeness (QED) is 0.223. The summed E-state index contributed by atoms with van der Waals surface area (Å²) in [5.41, 5.74) is 1.74. The predicted octanol–water partition coefficient (Wildman–Crippen LogP) is 3.47. The van der Waals surface area contributed by atoms with Crippen LogP contribution in [0.2, 0.25) is 0 Å². The van der Waals surface area contributed by atoms with Gasteiger partial charge < -0.3 is 45.9 Å². The van der Waals surface area contributed by atoms with Crippen molar-refractivity contribution in [2.45, 2.75) is 147 Å². The Morgan fingerprint density at radius 1 is 0.633 bits per heavy atom. The third-order valence-electron chi connectivity index (χ3n) is 11.1. The van der Waals surface area contributed by atoms with Crippen LogP contribution < -0.4 is 26.6 Å². The van der Waals surface area contributed by atoms with Gasteiger partial charge in [0.1, 0.15) is 31.1 Å². The summed E-state index contributed by atoms with van der Waals surface area (Å²) in [7, 11) is 0. The van der Waals surface area contributed by atoms with Crippen molar-refractivity contribution in [3.8, 4) is 0 Å². The number of nitrogens with one attached hydrogen (secondary N) is 5. The molecular weight excluding hydrogens is 771 g/mol. The maximum Gasteiger partial charge on any atom is 0.408 e. The predicted molar refractivity (Wildman–Crippen MR) is 222 cm³/mol. The molecule has 16 heteroatoms. The van der Waals surface area contributed by atoms with Crippen LogP contribution in [0.15, 0.2) is 60.7 Å². The van der Waals surface area contributed by atoms with Crippen LogP contribution in [0.5, 0.6) is 0 Å². The highest BCUT2D eigenvalue weighted by atomic mass is 16.6. The maximum absolute atomic E-state index is 13.1. The molecule has 60 heavy (non-hydrogen) atoms.